The molecule has 0 aromatic carbocycles. The fourth-order valence-corrected chi connectivity index (χ4v) is 3.77. The number of hydrogen-bond acceptors (Lipinski definition) is 1. The van der Waals surface area contributed by atoms with E-state index in [2.05, 4.69) is 19.2 Å². The molecular formula is C20H41N. The lowest BCUT2D eigenvalue weighted by molar-refractivity contribution is 0.334. The summed E-state index contributed by atoms with van der Waals surface area (Å²) in [4.78, 5) is 0. The molecule has 0 radical (unpaired) electrons. The summed E-state index contributed by atoms with van der Waals surface area (Å²) >= 11 is 0. The van der Waals surface area contributed by atoms with Crippen molar-refractivity contribution >= 4 is 0 Å². The molecule has 1 saturated carbocycles. The second-order valence-electron chi connectivity index (χ2n) is 7.25. The third-order valence-corrected chi connectivity index (χ3v) is 5.12. The molecule has 0 aromatic rings. The van der Waals surface area contributed by atoms with Gasteiger partial charge in [-0.2, -0.15) is 0 Å². The number of hydrogen-bond donors (Lipinski definition) is 1. The van der Waals surface area contributed by atoms with E-state index >= 15 is 0 Å². The summed E-state index contributed by atoms with van der Waals surface area (Å²) < 4.78 is 0. The van der Waals surface area contributed by atoms with Crippen molar-refractivity contribution in [1.82, 2.24) is 5.32 Å². The van der Waals surface area contributed by atoms with Crippen molar-refractivity contribution in [3.8, 4) is 0 Å². The number of unbranched alkanes of at least 4 members (excludes halogenated alkanes) is 1. The lowest BCUT2D eigenvalue weighted by Gasteiger charge is -2.26. The Labute approximate surface area is 134 Å². The molecule has 0 aliphatic heterocycles. The predicted octanol–water partition coefficient (Wildman–Crippen LogP) is 6.61. The minimum atomic E-state index is 0.785. The van der Waals surface area contributed by atoms with Crippen molar-refractivity contribution in [1.29, 1.82) is 0 Å². The van der Waals surface area contributed by atoms with Gasteiger partial charge in [0.05, 0.1) is 0 Å². The standard InChI is InChI=1S/C20H41N/c1-3-5-16-19(15-4-2)21-20-17-13-11-9-7-6-8-10-12-14-18-20/h19-21H,3-18H2,1-2H3. The van der Waals surface area contributed by atoms with Gasteiger partial charge in [0.1, 0.15) is 0 Å². The van der Waals surface area contributed by atoms with Crippen LogP contribution in [-0.2, 0) is 0 Å². The van der Waals surface area contributed by atoms with Crippen LogP contribution < -0.4 is 5.32 Å². The maximum atomic E-state index is 4.04. The van der Waals surface area contributed by atoms with Gasteiger partial charge >= 0.3 is 0 Å². The van der Waals surface area contributed by atoms with Gasteiger partial charge in [-0.25, -0.2) is 0 Å². The summed E-state index contributed by atoms with van der Waals surface area (Å²) in [7, 11) is 0. The van der Waals surface area contributed by atoms with Crippen LogP contribution in [0.5, 0.6) is 0 Å². The fourth-order valence-electron chi connectivity index (χ4n) is 3.77. The third kappa shape index (κ3) is 10.3. The molecule has 126 valence electrons. The second-order valence-corrected chi connectivity index (χ2v) is 7.25. The molecular weight excluding hydrogens is 254 g/mol. The van der Waals surface area contributed by atoms with Crippen molar-refractivity contribution in [3.05, 3.63) is 0 Å². The van der Waals surface area contributed by atoms with Crippen molar-refractivity contribution in [3.63, 3.8) is 0 Å². The molecule has 1 heteroatoms. The van der Waals surface area contributed by atoms with Crippen LogP contribution in [0.4, 0.5) is 0 Å². The normalized spacial score (nSPS) is 21.4. The summed E-state index contributed by atoms with van der Waals surface area (Å²) in [6, 6.07) is 1.59. The zero-order valence-electron chi connectivity index (χ0n) is 15.0. The highest BCUT2D eigenvalue weighted by Gasteiger charge is 2.14. The topological polar surface area (TPSA) is 12.0 Å². The van der Waals surface area contributed by atoms with Gasteiger partial charge in [0.25, 0.3) is 0 Å². The average molecular weight is 296 g/mol. The van der Waals surface area contributed by atoms with Crippen LogP contribution in [0.15, 0.2) is 0 Å². The average Bonchev–Trinajstić information content (AvgIpc) is 2.47. The van der Waals surface area contributed by atoms with E-state index in [4.69, 9.17) is 0 Å². The number of rotatable bonds is 7. The summed E-state index contributed by atoms with van der Waals surface area (Å²) in [6.45, 7) is 4.65. The first-order valence-electron chi connectivity index (χ1n) is 10.1. The van der Waals surface area contributed by atoms with E-state index in [1.165, 1.54) is 103 Å². The molecule has 0 bridgehead atoms. The van der Waals surface area contributed by atoms with E-state index < -0.39 is 0 Å². The summed E-state index contributed by atoms with van der Waals surface area (Å²) in [5, 5.41) is 4.04. The molecule has 0 spiro atoms. The van der Waals surface area contributed by atoms with E-state index in [1.807, 2.05) is 0 Å². The molecule has 0 heterocycles. The van der Waals surface area contributed by atoms with Crippen LogP contribution in [0, 0.1) is 0 Å². The van der Waals surface area contributed by atoms with E-state index in [0.29, 0.717) is 0 Å². The maximum Gasteiger partial charge on any atom is 0.00696 e. The summed E-state index contributed by atoms with van der Waals surface area (Å²) in [5.41, 5.74) is 0. The molecule has 0 amide bonds. The highest BCUT2D eigenvalue weighted by molar-refractivity contribution is 4.75. The summed E-state index contributed by atoms with van der Waals surface area (Å²) in [6.07, 6.45) is 22.9. The van der Waals surface area contributed by atoms with E-state index in [9.17, 15) is 0 Å². The Morgan fingerprint density at radius 3 is 1.71 bits per heavy atom. The van der Waals surface area contributed by atoms with Crippen LogP contribution in [0.2, 0.25) is 0 Å². The Morgan fingerprint density at radius 1 is 0.714 bits per heavy atom. The Kier molecular flexibility index (Phi) is 12.3. The van der Waals surface area contributed by atoms with Crippen molar-refractivity contribution < 1.29 is 0 Å². The van der Waals surface area contributed by atoms with Gasteiger partial charge in [0, 0.05) is 12.1 Å². The Morgan fingerprint density at radius 2 is 1.24 bits per heavy atom. The molecule has 0 saturated heterocycles. The lowest BCUT2D eigenvalue weighted by atomic mass is 9.96. The Hall–Kier alpha value is -0.0400. The van der Waals surface area contributed by atoms with Gasteiger partial charge in [-0.05, 0) is 25.7 Å². The third-order valence-electron chi connectivity index (χ3n) is 5.12. The molecule has 1 aliphatic rings. The first kappa shape index (κ1) is 19.0. The Balaban J connectivity index is 2.36. The highest BCUT2D eigenvalue weighted by atomic mass is 14.9. The highest BCUT2D eigenvalue weighted by Crippen LogP contribution is 2.18. The van der Waals surface area contributed by atoms with Crippen LogP contribution >= 0.6 is 0 Å². The SMILES string of the molecule is CCCCC(CCC)NC1CCCCCCCCCCC1. The lowest BCUT2D eigenvalue weighted by Crippen LogP contribution is -2.38. The molecule has 1 nitrogen and oxygen atoms in total. The van der Waals surface area contributed by atoms with Crippen molar-refractivity contribution in [2.45, 2.75) is 129 Å². The molecule has 0 aromatic heterocycles. The minimum Gasteiger partial charge on any atom is -0.311 e. The monoisotopic (exact) mass is 295 g/mol. The molecule has 21 heavy (non-hydrogen) atoms. The van der Waals surface area contributed by atoms with Crippen LogP contribution in [0.3, 0.4) is 0 Å². The number of nitrogens with one attached hydrogen (secondary N) is 1. The first-order chi connectivity index (χ1) is 10.4. The van der Waals surface area contributed by atoms with Crippen LogP contribution in [0.1, 0.15) is 117 Å². The molecule has 1 rings (SSSR count). The summed E-state index contributed by atoms with van der Waals surface area (Å²) in [5.74, 6) is 0. The van der Waals surface area contributed by atoms with E-state index in [0.717, 1.165) is 12.1 Å². The van der Waals surface area contributed by atoms with Crippen molar-refractivity contribution in [2.24, 2.45) is 0 Å². The van der Waals surface area contributed by atoms with E-state index in [1.54, 1.807) is 0 Å². The molecule has 1 unspecified atom stereocenters. The zero-order chi connectivity index (χ0) is 15.2. The van der Waals surface area contributed by atoms with Crippen LogP contribution in [-0.4, -0.2) is 12.1 Å². The Bertz CT molecular complexity index is 202. The quantitative estimate of drug-likeness (QED) is 0.557. The van der Waals surface area contributed by atoms with Gasteiger partial charge in [0.2, 0.25) is 0 Å². The second kappa shape index (κ2) is 13.6. The first-order valence-corrected chi connectivity index (χ1v) is 10.1. The maximum absolute atomic E-state index is 4.04. The zero-order valence-corrected chi connectivity index (χ0v) is 15.0. The molecule has 1 fully saturated rings. The minimum absolute atomic E-state index is 0.785. The predicted molar refractivity (Wildman–Crippen MR) is 95.9 cm³/mol. The smallest absolute Gasteiger partial charge is 0.00696 e. The van der Waals surface area contributed by atoms with Gasteiger partial charge in [-0.3, -0.25) is 0 Å². The fraction of sp³-hybridized carbons (Fsp3) is 1.00. The van der Waals surface area contributed by atoms with Gasteiger partial charge in [-0.1, -0.05) is 90.9 Å². The molecule has 1 atom stereocenters. The molecule has 1 aliphatic carbocycles. The van der Waals surface area contributed by atoms with Crippen molar-refractivity contribution in [2.75, 3.05) is 0 Å². The van der Waals surface area contributed by atoms with Gasteiger partial charge in [0.15, 0.2) is 0 Å². The van der Waals surface area contributed by atoms with Gasteiger partial charge in [-0.15, -0.1) is 0 Å². The molecule has 1 N–H and O–H groups in total. The van der Waals surface area contributed by atoms with E-state index in [-0.39, 0.29) is 0 Å². The van der Waals surface area contributed by atoms with Gasteiger partial charge < -0.3 is 5.32 Å². The largest absolute Gasteiger partial charge is 0.311 e. The van der Waals surface area contributed by atoms with Crippen LogP contribution in [0.25, 0.3) is 0 Å².